The van der Waals surface area contributed by atoms with Gasteiger partial charge in [0.1, 0.15) is 11.8 Å². The standard InChI is InChI=1S/C18H25N3O3/c1-6-19-17(22)11(3)20-18(23)16-12(4)21(7-2)15-9-8-13(24-5)10-14(15)16/h8-11H,6-7H2,1-5H3,(H,19,22)(H,20,23)/t11-/m0/s1. The Morgan fingerprint density at radius 3 is 2.58 bits per heavy atom. The Labute approximate surface area is 142 Å². The van der Waals surface area contributed by atoms with E-state index in [9.17, 15) is 9.59 Å². The number of methoxy groups -OCH3 is 1. The van der Waals surface area contributed by atoms with Crippen molar-refractivity contribution >= 4 is 22.7 Å². The number of fused-ring (bicyclic) bond motifs is 1. The molecular weight excluding hydrogens is 306 g/mol. The first-order valence-corrected chi connectivity index (χ1v) is 8.19. The van der Waals surface area contributed by atoms with Crippen molar-refractivity contribution in [3.63, 3.8) is 0 Å². The van der Waals surface area contributed by atoms with E-state index in [-0.39, 0.29) is 11.8 Å². The molecule has 130 valence electrons. The summed E-state index contributed by atoms with van der Waals surface area (Å²) in [7, 11) is 1.60. The first-order valence-electron chi connectivity index (χ1n) is 8.19. The van der Waals surface area contributed by atoms with Crippen LogP contribution in [0.15, 0.2) is 18.2 Å². The van der Waals surface area contributed by atoms with Gasteiger partial charge in [0, 0.05) is 29.7 Å². The van der Waals surface area contributed by atoms with Crippen LogP contribution in [0.5, 0.6) is 5.75 Å². The molecule has 2 aromatic rings. The molecule has 1 aromatic heterocycles. The van der Waals surface area contributed by atoms with E-state index >= 15 is 0 Å². The van der Waals surface area contributed by atoms with Gasteiger partial charge in [0.05, 0.1) is 12.7 Å². The number of rotatable bonds is 6. The SMILES string of the molecule is CCNC(=O)[C@H](C)NC(=O)c1c(C)n(CC)c2ccc(OC)cc12. The van der Waals surface area contributed by atoms with Gasteiger partial charge in [-0.1, -0.05) is 0 Å². The number of aryl methyl sites for hydroxylation is 1. The van der Waals surface area contributed by atoms with Crippen molar-refractivity contribution in [3.8, 4) is 5.75 Å². The smallest absolute Gasteiger partial charge is 0.254 e. The largest absolute Gasteiger partial charge is 0.497 e. The van der Waals surface area contributed by atoms with E-state index in [4.69, 9.17) is 4.74 Å². The van der Waals surface area contributed by atoms with Gasteiger partial charge in [-0.05, 0) is 45.9 Å². The number of hydrogen-bond acceptors (Lipinski definition) is 3. The van der Waals surface area contributed by atoms with Gasteiger partial charge in [-0.25, -0.2) is 0 Å². The molecule has 1 aromatic carbocycles. The number of likely N-dealkylation sites (N-methyl/N-ethyl adjacent to an activating group) is 1. The van der Waals surface area contributed by atoms with Crippen LogP contribution >= 0.6 is 0 Å². The van der Waals surface area contributed by atoms with Gasteiger partial charge in [-0.3, -0.25) is 9.59 Å². The first kappa shape index (κ1) is 17.8. The summed E-state index contributed by atoms with van der Waals surface area (Å²) in [4.78, 5) is 24.7. The molecule has 1 heterocycles. The number of hydrogen-bond donors (Lipinski definition) is 2. The van der Waals surface area contributed by atoms with Crippen LogP contribution in [0.1, 0.15) is 36.8 Å². The van der Waals surface area contributed by atoms with E-state index in [1.807, 2.05) is 39.0 Å². The predicted octanol–water partition coefficient (Wildman–Crippen LogP) is 2.23. The fourth-order valence-electron chi connectivity index (χ4n) is 2.94. The van der Waals surface area contributed by atoms with E-state index in [0.29, 0.717) is 17.9 Å². The Kier molecular flexibility index (Phi) is 5.49. The Bertz CT molecular complexity index is 764. The Hall–Kier alpha value is -2.50. The number of benzene rings is 1. The summed E-state index contributed by atoms with van der Waals surface area (Å²) >= 11 is 0. The van der Waals surface area contributed by atoms with Crippen LogP contribution in [0, 0.1) is 6.92 Å². The van der Waals surface area contributed by atoms with Crippen molar-refractivity contribution < 1.29 is 14.3 Å². The van der Waals surface area contributed by atoms with Gasteiger partial charge in [0.2, 0.25) is 5.91 Å². The fraction of sp³-hybridized carbons (Fsp3) is 0.444. The molecule has 6 heteroatoms. The van der Waals surface area contributed by atoms with Crippen LogP contribution in [-0.2, 0) is 11.3 Å². The number of carbonyl (C=O) groups excluding carboxylic acids is 2. The van der Waals surface area contributed by atoms with Crippen molar-refractivity contribution in [2.45, 2.75) is 40.3 Å². The molecule has 2 amide bonds. The minimum atomic E-state index is -0.595. The average molecular weight is 331 g/mol. The molecule has 1 atom stereocenters. The van der Waals surface area contributed by atoms with Crippen LogP contribution in [0.2, 0.25) is 0 Å². The summed E-state index contributed by atoms with van der Waals surface area (Å²) in [5, 5.41) is 6.32. The van der Waals surface area contributed by atoms with Crippen molar-refractivity contribution in [2.24, 2.45) is 0 Å². The lowest BCUT2D eigenvalue weighted by atomic mass is 10.1. The van der Waals surface area contributed by atoms with E-state index in [0.717, 1.165) is 23.1 Å². The maximum absolute atomic E-state index is 12.8. The molecule has 0 aliphatic carbocycles. The molecule has 0 saturated heterocycles. The number of amides is 2. The summed E-state index contributed by atoms with van der Waals surface area (Å²) < 4.78 is 7.37. The molecule has 0 spiro atoms. The molecular formula is C18H25N3O3. The van der Waals surface area contributed by atoms with Crippen LogP contribution in [0.3, 0.4) is 0 Å². The highest BCUT2D eigenvalue weighted by atomic mass is 16.5. The topological polar surface area (TPSA) is 72.4 Å². The summed E-state index contributed by atoms with van der Waals surface area (Å²) in [6, 6.07) is 5.10. The third-order valence-corrected chi connectivity index (χ3v) is 4.17. The summed E-state index contributed by atoms with van der Waals surface area (Å²) in [5.41, 5.74) is 2.44. The molecule has 0 fully saturated rings. The molecule has 6 nitrogen and oxygen atoms in total. The molecule has 2 N–H and O–H groups in total. The predicted molar refractivity (Wildman–Crippen MR) is 94.5 cm³/mol. The lowest BCUT2D eigenvalue weighted by Crippen LogP contribution is -2.44. The number of nitrogens with zero attached hydrogens (tertiary/aromatic N) is 1. The highest BCUT2D eigenvalue weighted by molar-refractivity contribution is 6.09. The molecule has 0 aliphatic rings. The zero-order valence-corrected chi connectivity index (χ0v) is 14.9. The normalized spacial score (nSPS) is 12.0. The van der Waals surface area contributed by atoms with Gasteiger partial charge < -0.3 is 19.9 Å². The second-order valence-electron chi connectivity index (χ2n) is 5.68. The van der Waals surface area contributed by atoms with Crippen molar-refractivity contribution in [2.75, 3.05) is 13.7 Å². The Balaban J connectivity index is 2.44. The molecule has 0 bridgehead atoms. The third-order valence-electron chi connectivity index (χ3n) is 4.17. The van der Waals surface area contributed by atoms with E-state index in [1.165, 1.54) is 0 Å². The third kappa shape index (κ3) is 3.22. The molecule has 0 unspecified atom stereocenters. The molecule has 0 aliphatic heterocycles. The minimum absolute atomic E-state index is 0.194. The van der Waals surface area contributed by atoms with Crippen LogP contribution in [-0.4, -0.2) is 36.1 Å². The van der Waals surface area contributed by atoms with E-state index < -0.39 is 6.04 Å². The molecule has 0 radical (unpaired) electrons. The van der Waals surface area contributed by atoms with Gasteiger partial charge in [0.15, 0.2) is 0 Å². The zero-order valence-electron chi connectivity index (χ0n) is 14.9. The molecule has 2 rings (SSSR count). The van der Waals surface area contributed by atoms with E-state index in [1.54, 1.807) is 14.0 Å². The van der Waals surface area contributed by atoms with Gasteiger partial charge >= 0.3 is 0 Å². The highest BCUT2D eigenvalue weighted by Crippen LogP contribution is 2.29. The summed E-state index contributed by atoms with van der Waals surface area (Å²) in [6.07, 6.45) is 0. The second-order valence-corrected chi connectivity index (χ2v) is 5.68. The van der Waals surface area contributed by atoms with Crippen molar-refractivity contribution in [1.82, 2.24) is 15.2 Å². The fourth-order valence-corrected chi connectivity index (χ4v) is 2.94. The minimum Gasteiger partial charge on any atom is -0.497 e. The maximum atomic E-state index is 12.8. The first-order chi connectivity index (χ1) is 11.4. The number of ether oxygens (including phenoxy) is 1. The molecule has 24 heavy (non-hydrogen) atoms. The molecule has 0 saturated carbocycles. The summed E-state index contributed by atoms with van der Waals surface area (Å²) in [6.45, 7) is 8.77. The van der Waals surface area contributed by atoms with Crippen LogP contribution in [0.25, 0.3) is 10.9 Å². The van der Waals surface area contributed by atoms with Gasteiger partial charge in [-0.15, -0.1) is 0 Å². The number of carbonyl (C=O) groups is 2. The number of nitrogens with one attached hydrogen (secondary N) is 2. The van der Waals surface area contributed by atoms with Gasteiger partial charge in [-0.2, -0.15) is 0 Å². The Morgan fingerprint density at radius 1 is 1.29 bits per heavy atom. The lowest BCUT2D eigenvalue weighted by molar-refractivity contribution is -0.122. The van der Waals surface area contributed by atoms with Crippen molar-refractivity contribution in [3.05, 3.63) is 29.5 Å². The monoisotopic (exact) mass is 331 g/mol. The average Bonchev–Trinajstić information content (AvgIpc) is 2.85. The van der Waals surface area contributed by atoms with Crippen LogP contribution in [0.4, 0.5) is 0 Å². The van der Waals surface area contributed by atoms with Gasteiger partial charge in [0.25, 0.3) is 5.91 Å². The van der Waals surface area contributed by atoms with Crippen LogP contribution < -0.4 is 15.4 Å². The second kappa shape index (κ2) is 7.38. The van der Waals surface area contributed by atoms with E-state index in [2.05, 4.69) is 15.2 Å². The highest BCUT2D eigenvalue weighted by Gasteiger charge is 2.23. The number of aromatic nitrogens is 1. The quantitative estimate of drug-likeness (QED) is 0.852. The Morgan fingerprint density at radius 2 is 2.00 bits per heavy atom. The lowest BCUT2D eigenvalue weighted by Gasteiger charge is -2.13. The maximum Gasteiger partial charge on any atom is 0.254 e. The summed E-state index contributed by atoms with van der Waals surface area (Å²) in [5.74, 6) is 0.249. The zero-order chi connectivity index (χ0) is 17.9. The van der Waals surface area contributed by atoms with Crippen molar-refractivity contribution in [1.29, 1.82) is 0 Å².